The number of para-hydroxylation sites is 1. The fraction of sp³-hybridized carbons (Fsp3) is 0.333. The number of imidazole rings is 1. The van der Waals surface area contributed by atoms with Crippen LogP contribution in [-0.4, -0.2) is 22.6 Å². The zero-order chi connectivity index (χ0) is 14.4. The fourth-order valence-corrected chi connectivity index (χ4v) is 1.71. The Morgan fingerprint density at radius 2 is 2.05 bits per heavy atom. The van der Waals surface area contributed by atoms with Crippen molar-refractivity contribution in [2.75, 3.05) is 7.11 Å². The smallest absolute Gasteiger partial charge is 0.330 e. The van der Waals surface area contributed by atoms with E-state index in [1.54, 1.807) is 6.08 Å². The zero-order valence-electron chi connectivity index (χ0n) is 12.1. The van der Waals surface area contributed by atoms with Crippen molar-refractivity contribution in [2.24, 2.45) is 7.05 Å². The summed E-state index contributed by atoms with van der Waals surface area (Å²) in [5, 5.41) is 0. The van der Waals surface area contributed by atoms with Crippen LogP contribution in [0, 0.1) is 6.92 Å². The average molecular weight is 260 g/mol. The predicted molar refractivity (Wildman–Crippen MR) is 77.8 cm³/mol. The number of benzene rings is 1. The van der Waals surface area contributed by atoms with Crippen LogP contribution in [0.25, 0.3) is 17.1 Å². The Labute approximate surface area is 113 Å². The molecule has 0 N–H and O–H groups in total. The van der Waals surface area contributed by atoms with Crippen molar-refractivity contribution in [1.29, 1.82) is 0 Å². The van der Waals surface area contributed by atoms with Crippen molar-refractivity contribution in [2.45, 2.75) is 20.8 Å². The Balaban J connectivity index is 0.000000861. The van der Waals surface area contributed by atoms with Gasteiger partial charge in [0.25, 0.3) is 0 Å². The molecule has 4 heteroatoms. The van der Waals surface area contributed by atoms with Crippen LogP contribution in [-0.2, 0) is 16.6 Å². The normalized spacial score (nSPS) is 10.4. The van der Waals surface area contributed by atoms with Gasteiger partial charge in [0.2, 0.25) is 0 Å². The molecule has 2 aromatic rings. The maximum absolute atomic E-state index is 11.1. The van der Waals surface area contributed by atoms with Crippen molar-refractivity contribution in [3.05, 3.63) is 35.7 Å². The van der Waals surface area contributed by atoms with E-state index in [9.17, 15) is 4.79 Å². The molecule has 102 valence electrons. The SMILES string of the molecule is CC.COC(=O)/C=C\c1cccc2c1nc(C)n2C. The molecule has 0 radical (unpaired) electrons. The second kappa shape index (κ2) is 6.73. The summed E-state index contributed by atoms with van der Waals surface area (Å²) >= 11 is 0. The highest BCUT2D eigenvalue weighted by atomic mass is 16.5. The van der Waals surface area contributed by atoms with Gasteiger partial charge in [-0.25, -0.2) is 9.78 Å². The minimum atomic E-state index is -0.366. The van der Waals surface area contributed by atoms with Crippen molar-refractivity contribution in [1.82, 2.24) is 9.55 Å². The average Bonchev–Trinajstić information content (AvgIpc) is 2.74. The van der Waals surface area contributed by atoms with Crippen LogP contribution < -0.4 is 0 Å². The van der Waals surface area contributed by atoms with E-state index in [1.165, 1.54) is 13.2 Å². The van der Waals surface area contributed by atoms with E-state index in [0.717, 1.165) is 22.4 Å². The van der Waals surface area contributed by atoms with Gasteiger partial charge >= 0.3 is 5.97 Å². The van der Waals surface area contributed by atoms with E-state index in [0.29, 0.717) is 0 Å². The number of carbonyl (C=O) groups excluding carboxylic acids is 1. The maximum Gasteiger partial charge on any atom is 0.330 e. The summed E-state index contributed by atoms with van der Waals surface area (Å²) in [6.07, 6.45) is 3.12. The van der Waals surface area contributed by atoms with E-state index in [-0.39, 0.29) is 5.97 Å². The molecular weight excluding hydrogens is 240 g/mol. The molecule has 0 aliphatic rings. The number of aromatic nitrogens is 2. The van der Waals surface area contributed by atoms with E-state index >= 15 is 0 Å². The molecular formula is C15H20N2O2. The quantitative estimate of drug-likeness (QED) is 0.615. The third kappa shape index (κ3) is 3.22. The van der Waals surface area contributed by atoms with Gasteiger partial charge in [0.05, 0.1) is 18.1 Å². The fourth-order valence-electron chi connectivity index (χ4n) is 1.71. The van der Waals surface area contributed by atoms with Crippen LogP contribution in [0.5, 0.6) is 0 Å². The van der Waals surface area contributed by atoms with Crippen molar-refractivity contribution in [3.63, 3.8) is 0 Å². The van der Waals surface area contributed by atoms with Gasteiger partial charge in [0, 0.05) is 18.7 Å². The van der Waals surface area contributed by atoms with Gasteiger partial charge < -0.3 is 9.30 Å². The molecule has 0 bridgehead atoms. The number of rotatable bonds is 2. The van der Waals surface area contributed by atoms with Crippen molar-refractivity contribution in [3.8, 4) is 0 Å². The molecule has 0 fully saturated rings. The number of esters is 1. The minimum Gasteiger partial charge on any atom is -0.466 e. The molecule has 0 unspecified atom stereocenters. The molecule has 1 heterocycles. The monoisotopic (exact) mass is 260 g/mol. The molecule has 0 spiro atoms. The lowest BCUT2D eigenvalue weighted by Gasteiger charge is -1.97. The van der Waals surface area contributed by atoms with Crippen LogP contribution >= 0.6 is 0 Å². The summed E-state index contributed by atoms with van der Waals surface area (Å²) in [6.45, 7) is 5.95. The first-order valence-electron chi connectivity index (χ1n) is 6.31. The summed E-state index contributed by atoms with van der Waals surface area (Å²) in [5.74, 6) is 0.577. The number of hydrogen-bond donors (Lipinski definition) is 0. The molecule has 0 saturated heterocycles. The van der Waals surface area contributed by atoms with E-state index in [4.69, 9.17) is 0 Å². The van der Waals surface area contributed by atoms with Crippen LogP contribution in [0.2, 0.25) is 0 Å². The number of ether oxygens (including phenoxy) is 1. The lowest BCUT2D eigenvalue weighted by Crippen LogP contribution is -1.93. The molecule has 4 nitrogen and oxygen atoms in total. The Morgan fingerprint density at radius 3 is 2.68 bits per heavy atom. The second-order valence-corrected chi connectivity index (χ2v) is 3.79. The third-order valence-corrected chi connectivity index (χ3v) is 2.77. The van der Waals surface area contributed by atoms with Crippen LogP contribution in [0.3, 0.4) is 0 Å². The maximum atomic E-state index is 11.1. The molecule has 0 atom stereocenters. The summed E-state index contributed by atoms with van der Waals surface area (Å²) in [5.41, 5.74) is 2.86. The third-order valence-electron chi connectivity index (χ3n) is 2.77. The first kappa shape index (κ1) is 15.0. The van der Waals surface area contributed by atoms with E-state index in [1.807, 2.05) is 50.6 Å². The Hall–Kier alpha value is -2.10. The van der Waals surface area contributed by atoms with Crippen molar-refractivity contribution >= 4 is 23.1 Å². The second-order valence-electron chi connectivity index (χ2n) is 3.79. The molecule has 19 heavy (non-hydrogen) atoms. The summed E-state index contributed by atoms with van der Waals surface area (Å²) in [7, 11) is 3.33. The van der Waals surface area contributed by atoms with Gasteiger partial charge in [-0.15, -0.1) is 0 Å². The lowest BCUT2D eigenvalue weighted by atomic mass is 10.1. The first-order valence-corrected chi connectivity index (χ1v) is 6.31. The highest BCUT2D eigenvalue weighted by Crippen LogP contribution is 2.19. The van der Waals surface area contributed by atoms with Gasteiger partial charge in [0.1, 0.15) is 5.82 Å². The molecule has 1 aromatic carbocycles. The van der Waals surface area contributed by atoms with Crippen LogP contribution in [0.1, 0.15) is 25.2 Å². The van der Waals surface area contributed by atoms with Crippen LogP contribution in [0.15, 0.2) is 24.3 Å². The predicted octanol–water partition coefficient (Wildman–Crippen LogP) is 3.09. The molecule has 0 amide bonds. The van der Waals surface area contributed by atoms with E-state index < -0.39 is 0 Å². The number of nitrogens with zero attached hydrogens (tertiary/aromatic N) is 2. The Kier molecular flexibility index (Phi) is 5.30. The topological polar surface area (TPSA) is 44.1 Å². The number of methoxy groups -OCH3 is 1. The first-order chi connectivity index (χ1) is 9.13. The Bertz CT molecular complexity index is 597. The van der Waals surface area contributed by atoms with Crippen LogP contribution in [0.4, 0.5) is 0 Å². The van der Waals surface area contributed by atoms with Gasteiger partial charge in [-0.05, 0) is 19.1 Å². The molecule has 0 aliphatic carbocycles. The number of carbonyl (C=O) groups is 1. The molecule has 0 aliphatic heterocycles. The Morgan fingerprint density at radius 1 is 1.37 bits per heavy atom. The summed E-state index contributed by atoms with van der Waals surface area (Å²) in [4.78, 5) is 15.5. The number of aryl methyl sites for hydroxylation is 2. The summed E-state index contributed by atoms with van der Waals surface area (Å²) < 4.78 is 6.58. The zero-order valence-corrected chi connectivity index (χ0v) is 12.1. The number of hydrogen-bond acceptors (Lipinski definition) is 3. The standard InChI is InChI=1S/C13H14N2O2.C2H6/c1-9-14-13-10(7-8-12(16)17-3)5-4-6-11(13)15(9)2;1-2/h4-8H,1-3H3;1-2H3/b8-7-;. The molecule has 0 saturated carbocycles. The van der Waals surface area contributed by atoms with Gasteiger partial charge in [-0.3, -0.25) is 0 Å². The highest BCUT2D eigenvalue weighted by molar-refractivity contribution is 5.92. The number of fused-ring (bicyclic) bond motifs is 1. The van der Waals surface area contributed by atoms with Gasteiger partial charge in [-0.1, -0.05) is 26.0 Å². The molecule has 2 rings (SSSR count). The van der Waals surface area contributed by atoms with E-state index in [2.05, 4.69) is 9.72 Å². The summed E-state index contributed by atoms with van der Waals surface area (Å²) in [6, 6.07) is 5.87. The largest absolute Gasteiger partial charge is 0.466 e. The highest BCUT2D eigenvalue weighted by Gasteiger charge is 2.06. The van der Waals surface area contributed by atoms with Gasteiger partial charge in [0.15, 0.2) is 0 Å². The van der Waals surface area contributed by atoms with Crippen molar-refractivity contribution < 1.29 is 9.53 Å². The molecule has 1 aromatic heterocycles. The lowest BCUT2D eigenvalue weighted by molar-refractivity contribution is -0.134. The van der Waals surface area contributed by atoms with Gasteiger partial charge in [-0.2, -0.15) is 0 Å². The minimum absolute atomic E-state index is 0.366.